The highest BCUT2D eigenvalue weighted by molar-refractivity contribution is 5.79. The van der Waals surface area contributed by atoms with E-state index < -0.39 is 18.7 Å². The second-order valence-corrected chi connectivity index (χ2v) is 13.8. The molecule has 43 heavy (non-hydrogen) atoms. The van der Waals surface area contributed by atoms with Crippen LogP contribution >= 0.6 is 0 Å². The Bertz CT molecular complexity index is 1070. The molecule has 4 rings (SSSR count). The first kappa shape index (κ1) is 33.5. The number of esters is 1. The lowest BCUT2D eigenvalue weighted by Gasteiger charge is -2.39. The van der Waals surface area contributed by atoms with Crippen LogP contribution in [0, 0.1) is 29.6 Å². The Hall–Kier alpha value is -2.36. The van der Waals surface area contributed by atoms with Gasteiger partial charge in [-0.05, 0) is 94.5 Å². The molecule has 3 heterocycles. The molecule has 9 heteroatoms. The number of benzene rings is 1. The fraction of sp³-hybridized carbons (Fsp3) is 0.765. The monoisotopic (exact) mass is 601 g/mol. The van der Waals surface area contributed by atoms with Crippen molar-refractivity contribution in [2.75, 3.05) is 20.7 Å². The molecule has 1 N–H and O–H groups in total. The molecule has 3 saturated heterocycles. The molecule has 7 unspecified atom stereocenters. The number of rotatable bonds is 4. The number of amidine groups is 1. The highest BCUT2D eigenvalue weighted by Crippen LogP contribution is 2.35. The number of cyclic esters (lactones) is 1. The summed E-state index contributed by atoms with van der Waals surface area (Å²) in [4.78, 5) is 20.3. The largest absolute Gasteiger partial charge is 0.497 e. The Morgan fingerprint density at radius 3 is 2.23 bits per heavy atom. The van der Waals surface area contributed by atoms with Crippen molar-refractivity contribution in [2.24, 2.45) is 34.6 Å². The lowest BCUT2D eigenvalue weighted by atomic mass is 9.85. The van der Waals surface area contributed by atoms with E-state index >= 15 is 0 Å². The second-order valence-electron chi connectivity index (χ2n) is 13.8. The molecule has 11 atom stereocenters. The number of carbonyl (C=O) groups is 1. The quantitative estimate of drug-likeness (QED) is 0.412. The molecule has 0 spiro atoms. The fourth-order valence-corrected chi connectivity index (χ4v) is 7.00. The van der Waals surface area contributed by atoms with E-state index in [1.165, 1.54) is 6.42 Å². The van der Waals surface area contributed by atoms with Crippen LogP contribution < -0.4 is 10.1 Å². The Balaban J connectivity index is 1.53. The van der Waals surface area contributed by atoms with Crippen molar-refractivity contribution in [3.8, 4) is 5.75 Å². The van der Waals surface area contributed by atoms with Crippen molar-refractivity contribution in [3.63, 3.8) is 0 Å². The predicted molar refractivity (Wildman–Crippen MR) is 168 cm³/mol. The Labute approximate surface area is 259 Å². The zero-order chi connectivity index (χ0) is 31.3. The van der Waals surface area contributed by atoms with E-state index in [2.05, 4.69) is 44.8 Å². The SMILES string of the molecule is COc1ccc(N=C2O[C@H]3[C@H](OC4OC(=O)C(C)CC(C)CC(C)CC(C)CNC(C)CC4C)O[C@H](C)C[C@@H]3N2C)cc1. The van der Waals surface area contributed by atoms with Crippen molar-refractivity contribution in [1.29, 1.82) is 0 Å². The molecule has 0 aromatic heterocycles. The fourth-order valence-electron chi connectivity index (χ4n) is 7.00. The molecule has 0 aliphatic carbocycles. The first-order valence-corrected chi connectivity index (χ1v) is 16.3. The van der Waals surface area contributed by atoms with Crippen LogP contribution in [0.4, 0.5) is 5.69 Å². The maximum absolute atomic E-state index is 13.4. The van der Waals surface area contributed by atoms with Gasteiger partial charge in [0.15, 0.2) is 6.10 Å². The van der Waals surface area contributed by atoms with Crippen LogP contribution in [0.3, 0.4) is 0 Å². The molecule has 0 bridgehead atoms. The van der Waals surface area contributed by atoms with Crippen molar-refractivity contribution in [2.45, 2.75) is 117 Å². The van der Waals surface area contributed by atoms with Crippen molar-refractivity contribution in [3.05, 3.63) is 24.3 Å². The minimum atomic E-state index is -0.761. The highest BCUT2D eigenvalue weighted by Gasteiger charge is 2.50. The topological polar surface area (TPSA) is 90.8 Å². The number of nitrogens with one attached hydrogen (secondary N) is 1. The third-order valence-electron chi connectivity index (χ3n) is 9.20. The molecule has 0 amide bonds. The lowest BCUT2D eigenvalue weighted by Crippen LogP contribution is -2.52. The second kappa shape index (κ2) is 15.1. The van der Waals surface area contributed by atoms with Gasteiger partial charge in [0.05, 0.1) is 30.9 Å². The van der Waals surface area contributed by atoms with E-state index in [1.807, 2.05) is 45.2 Å². The van der Waals surface area contributed by atoms with Gasteiger partial charge in [0.2, 0.25) is 12.6 Å². The summed E-state index contributed by atoms with van der Waals surface area (Å²) in [6, 6.07) is 8.33. The predicted octanol–water partition coefficient (Wildman–Crippen LogP) is 6.14. The number of carbonyl (C=O) groups excluding carboxylic acids is 1. The number of likely N-dealkylation sites (N-methyl/N-ethyl adjacent to an activating group) is 1. The van der Waals surface area contributed by atoms with Gasteiger partial charge in [-0.3, -0.25) is 4.79 Å². The van der Waals surface area contributed by atoms with Gasteiger partial charge in [-0.1, -0.05) is 34.6 Å². The summed E-state index contributed by atoms with van der Waals surface area (Å²) in [5.74, 6) is 1.93. The molecule has 0 radical (unpaired) electrons. The number of hydrogen-bond acceptors (Lipinski definition) is 8. The van der Waals surface area contributed by atoms with Crippen molar-refractivity contribution in [1.82, 2.24) is 10.2 Å². The molecule has 3 fully saturated rings. The Morgan fingerprint density at radius 1 is 0.860 bits per heavy atom. The van der Waals surface area contributed by atoms with E-state index in [0.29, 0.717) is 23.8 Å². The normalized spacial score (nSPS) is 39.3. The van der Waals surface area contributed by atoms with Gasteiger partial charge in [-0.15, -0.1) is 0 Å². The molecule has 3 aliphatic heterocycles. The summed E-state index contributed by atoms with van der Waals surface area (Å²) >= 11 is 0. The molecule has 9 nitrogen and oxygen atoms in total. The summed E-state index contributed by atoms with van der Waals surface area (Å²) in [5, 5.41) is 3.71. The molecular weight excluding hydrogens is 546 g/mol. The highest BCUT2D eigenvalue weighted by atomic mass is 16.8. The summed E-state index contributed by atoms with van der Waals surface area (Å²) in [7, 11) is 3.64. The van der Waals surface area contributed by atoms with E-state index in [0.717, 1.165) is 43.7 Å². The van der Waals surface area contributed by atoms with Gasteiger partial charge in [-0.25, -0.2) is 0 Å². The number of fused-ring (bicyclic) bond motifs is 1. The third-order valence-corrected chi connectivity index (χ3v) is 9.20. The Morgan fingerprint density at radius 2 is 1.53 bits per heavy atom. The van der Waals surface area contributed by atoms with E-state index in [9.17, 15) is 4.79 Å². The average molecular weight is 602 g/mol. The maximum atomic E-state index is 13.4. The van der Waals surface area contributed by atoms with Crippen LogP contribution in [0.5, 0.6) is 5.75 Å². The van der Waals surface area contributed by atoms with Crippen LogP contribution in [0.15, 0.2) is 29.3 Å². The maximum Gasteiger partial charge on any atom is 0.310 e. The van der Waals surface area contributed by atoms with Crippen LogP contribution in [0.1, 0.15) is 80.6 Å². The minimum absolute atomic E-state index is 0.0165. The molecule has 1 aromatic rings. The molecular formula is C34H55N3O6. The third kappa shape index (κ3) is 9.08. The number of nitrogens with zero attached hydrogens (tertiary/aromatic N) is 2. The van der Waals surface area contributed by atoms with Crippen LogP contribution in [-0.2, 0) is 23.7 Å². The van der Waals surface area contributed by atoms with Gasteiger partial charge < -0.3 is 33.9 Å². The molecule has 3 aliphatic rings. The lowest BCUT2D eigenvalue weighted by molar-refractivity contribution is -0.301. The van der Waals surface area contributed by atoms with Gasteiger partial charge in [0.25, 0.3) is 6.02 Å². The average Bonchev–Trinajstić information content (AvgIpc) is 3.25. The number of aliphatic imine (C=N–C) groups is 1. The zero-order valence-electron chi connectivity index (χ0n) is 27.7. The summed E-state index contributed by atoms with van der Waals surface area (Å²) in [5.41, 5.74) is 0.769. The summed E-state index contributed by atoms with van der Waals surface area (Å²) < 4.78 is 30.8. The first-order valence-electron chi connectivity index (χ1n) is 16.3. The number of ether oxygens (including phenoxy) is 5. The Kier molecular flexibility index (Phi) is 11.8. The molecule has 242 valence electrons. The van der Waals surface area contributed by atoms with Gasteiger partial charge >= 0.3 is 5.97 Å². The van der Waals surface area contributed by atoms with Crippen LogP contribution in [0.25, 0.3) is 0 Å². The van der Waals surface area contributed by atoms with Gasteiger partial charge in [-0.2, -0.15) is 4.99 Å². The van der Waals surface area contributed by atoms with E-state index in [-0.39, 0.29) is 36.0 Å². The van der Waals surface area contributed by atoms with Crippen molar-refractivity contribution >= 4 is 17.7 Å². The summed E-state index contributed by atoms with van der Waals surface area (Å²) in [6.07, 6.45) is 2.72. The smallest absolute Gasteiger partial charge is 0.310 e. The van der Waals surface area contributed by atoms with Gasteiger partial charge in [0.1, 0.15) is 5.75 Å². The number of methoxy groups -OCH3 is 1. The molecule has 1 aromatic carbocycles. The van der Waals surface area contributed by atoms with Crippen LogP contribution in [0.2, 0.25) is 0 Å². The standard InChI is InChI=1S/C34H55N3O6/c1-20-14-21(2)16-23(4)31(38)42-32(24(5)17-25(6)35-19-22(3)15-20)43-33-30-29(18-26(7)40-33)37(8)34(41-30)36-27-10-12-28(39-9)13-11-27/h10-13,20-26,29-30,32-33,35H,14-19H2,1-9H3/t20?,21?,22?,23?,24?,25?,26-,29+,30-,32?,33+/m1/s1. The van der Waals surface area contributed by atoms with E-state index in [4.69, 9.17) is 28.7 Å². The number of hydrogen-bond donors (Lipinski definition) is 1. The van der Waals surface area contributed by atoms with Crippen molar-refractivity contribution < 1.29 is 28.5 Å². The first-order chi connectivity index (χ1) is 20.4. The van der Waals surface area contributed by atoms with Crippen LogP contribution in [-0.4, -0.2) is 74.5 Å². The van der Waals surface area contributed by atoms with E-state index in [1.54, 1.807) is 7.11 Å². The minimum Gasteiger partial charge on any atom is -0.497 e. The molecule has 0 saturated carbocycles. The zero-order valence-corrected chi connectivity index (χ0v) is 27.7. The van der Waals surface area contributed by atoms with Gasteiger partial charge in [0, 0.05) is 19.0 Å². The summed E-state index contributed by atoms with van der Waals surface area (Å²) in [6.45, 7) is 16.2.